The van der Waals surface area contributed by atoms with E-state index in [4.69, 9.17) is 0 Å². The molecule has 1 atom stereocenters. The second-order valence-corrected chi connectivity index (χ2v) is 10.1. The molecule has 3 aromatic rings. The van der Waals surface area contributed by atoms with E-state index in [9.17, 15) is 22.8 Å². The van der Waals surface area contributed by atoms with Gasteiger partial charge in [-0.15, -0.1) is 0 Å². The van der Waals surface area contributed by atoms with Crippen molar-refractivity contribution >= 4 is 11.9 Å². The molecule has 1 amide bonds. The smallest absolute Gasteiger partial charge is 0.416 e. The number of amides is 1. The van der Waals surface area contributed by atoms with Crippen molar-refractivity contribution in [3.05, 3.63) is 94.0 Å². The Morgan fingerprint density at radius 2 is 1.44 bits per heavy atom. The van der Waals surface area contributed by atoms with Crippen LogP contribution in [0, 0.1) is 19.8 Å². The maximum Gasteiger partial charge on any atom is 0.416 e. The van der Waals surface area contributed by atoms with Gasteiger partial charge in [0.2, 0.25) is 0 Å². The third-order valence-electron chi connectivity index (χ3n) is 7.00. The first-order valence-corrected chi connectivity index (χ1v) is 13.2. The first-order chi connectivity index (χ1) is 18.5. The van der Waals surface area contributed by atoms with Crippen LogP contribution in [0.5, 0.6) is 0 Å². The molecule has 1 unspecified atom stereocenters. The molecule has 0 saturated carbocycles. The molecule has 0 saturated heterocycles. The highest BCUT2D eigenvalue weighted by atomic mass is 19.4. The van der Waals surface area contributed by atoms with Crippen molar-refractivity contribution in [2.24, 2.45) is 5.92 Å². The summed E-state index contributed by atoms with van der Waals surface area (Å²) >= 11 is 0. The van der Waals surface area contributed by atoms with E-state index in [1.54, 1.807) is 24.3 Å². The summed E-state index contributed by atoms with van der Waals surface area (Å²) in [5.74, 6) is -0.0737. The molecule has 0 aliphatic carbocycles. The average Bonchev–Trinajstić information content (AvgIpc) is 2.90. The number of hydrogen-bond acceptors (Lipinski definition) is 3. The van der Waals surface area contributed by atoms with E-state index < -0.39 is 11.7 Å². The van der Waals surface area contributed by atoms with E-state index in [2.05, 4.69) is 29.1 Å². The average molecular weight is 540 g/mol. The van der Waals surface area contributed by atoms with Crippen LogP contribution in [0.2, 0.25) is 0 Å². The maximum atomic E-state index is 12.9. The Balaban J connectivity index is 1.50. The quantitative estimate of drug-likeness (QED) is 0.257. The van der Waals surface area contributed by atoms with Gasteiger partial charge in [-0.3, -0.25) is 9.59 Å². The highest BCUT2D eigenvalue weighted by molar-refractivity contribution is 5.94. The number of hydrogen-bond donors (Lipinski definition) is 1. The lowest BCUT2D eigenvalue weighted by atomic mass is 9.90. The monoisotopic (exact) mass is 539 g/mol. The molecule has 0 aromatic heterocycles. The minimum atomic E-state index is -4.34. The van der Waals surface area contributed by atoms with Gasteiger partial charge in [0.05, 0.1) is 19.1 Å². The fraction of sp³-hybridized carbons (Fsp3) is 0.375. The molecule has 208 valence electrons. The molecular weight excluding hydrogens is 503 g/mol. The second-order valence-electron chi connectivity index (χ2n) is 10.1. The number of esters is 1. The van der Waals surface area contributed by atoms with Crippen LogP contribution in [0.15, 0.2) is 60.7 Å². The molecule has 4 nitrogen and oxygen atoms in total. The summed E-state index contributed by atoms with van der Waals surface area (Å²) in [6.07, 6.45) is -0.305. The summed E-state index contributed by atoms with van der Waals surface area (Å²) < 4.78 is 43.3. The van der Waals surface area contributed by atoms with Crippen LogP contribution < -0.4 is 5.32 Å². The molecule has 0 fully saturated rings. The topological polar surface area (TPSA) is 55.4 Å². The van der Waals surface area contributed by atoms with Gasteiger partial charge in [-0.05, 0) is 103 Å². The van der Waals surface area contributed by atoms with Gasteiger partial charge in [0.1, 0.15) is 0 Å². The van der Waals surface area contributed by atoms with Gasteiger partial charge in [-0.25, -0.2) is 0 Å². The number of benzene rings is 3. The Kier molecular flexibility index (Phi) is 10.3. The third-order valence-corrected chi connectivity index (χ3v) is 7.00. The molecule has 7 heteroatoms. The number of rotatable bonds is 11. The van der Waals surface area contributed by atoms with Gasteiger partial charge in [-0.2, -0.15) is 13.2 Å². The highest BCUT2D eigenvalue weighted by Crippen LogP contribution is 2.33. The van der Waals surface area contributed by atoms with Crippen LogP contribution in [0.4, 0.5) is 13.2 Å². The zero-order valence-electron chi connectivity index (χ0n) is 23.0. The van der Waals surface area contributed by atoms with Crippen molar-refractivity contribution in [1.82, 2.24) is 5.32 Å². The van der Waals surface area contributed by atoms with Crippen molar-refractivity contribution < 1.29 is 27.5 Å². The van der Waals surface area contributed by atoms with Crippen LogP contribution in [-0.4, -0.2) is 25.5 Å². The lowest BCUT2D eigenvalue weighted by Crippen LogP contribution is -2.26. The molecule has 1 N–H and O–H groups in total. The molecule has 0 radical (unpaired) electrons. The zero-order valence-corrected chi connectivity index (χ0v) is 23.0. The van der Waals surface area contributed by atoms with E-state index in [-0.39, 0.29) is 24.8 Å². The summed E-state index contributed by atoms with van der Waals surface area (Å²) in [6, 6.07) is 17.2. The molecule has 0 spiro atoms. The Labute approximate surface area is 228 Å². The van der Waals surface area contributed by atoms with Gasteiger partial charge in [-0.1, -0.05) is 43.3 Å². The first-order valence-electron chi connectivity index (χ1n) is 13.2. The van der Waals surface area contributed by atoms with E-state index in [0.717, 1.165) is 60.1 Å². The molecule has 0 aliphatic heterocycles. The molecule has 0 aliphatic rings. The second kappa shape index (κ2) is 13.5. The Morgan fingerprint density at radius 1 is 0.872 bits per heavy atom. The lowest BCUT2D eigenvalue weighted by molar-refractivity contribution is -0.140. The maximum absolute atomic E-state index is 12.9. The molecule has 0 heterocycles. The predicted octanol–water partition coefficient (Wildman–Crippen LogP) is 7.48. The minimum Gasteiger partial charge on any atom is -0.469 e. The fourth-order valence-electron chi connectivity index (χ4n) is 4.75. The molecule has 3 rings (SSSR count). The van der Waals surface area contributed by atoms with Crippen LogP contribution in [0.3, 0.4) is 0 Å². The first kappa shape index (κ1) is 29.9. The van der Waals surface area contributed by atoms with Gasteiger partial charge >= 0.3 is 12.1 Å². The van der Waals surface area contributed by atoms with Crippen molar-refractivity contribution in [1.29, 1.82) is 0 Å². The fourth-order valence-corrected chi connectivity index (χ4v) is 4.75. The number of carbonyl (C=O) groups is 2. The zero-order chi connectivity index (χ0) is 28.6. The summed E-state index contributed by atoms with van der Waals surface area (Å²) in [4.78, 5) is 23.4. The SMILES string of the molecule is COC(=O)CCNC(=O)c1ccc(CCC(C)CCc2cc(C)c(-c3ccc(C(F)(F)F)cc3)c(C)c2)cc1. The Bertz CT molecular complexity index is 1240. The summed E-state index contributed by atoms with van der Waals surface area (Å²) in [5, 5.41) is 2.71. The minimum absolute atomic E-state index is 0.140. The van der Waals surface area contributed by atoms with E-state index >= 15 is 0 Å². The van der Waals surface area contributed by atoms with Crippen molar-refractivity contribution in [3.63, 3.8) is 0 Å². The van der Waals surface area contributed by atoms with Gasteiger partial charge in [0.15, 0.2) is 0 Å². The summed E-state index contributed by atoms with van der Waals surface area (Å²) in [7, 11) is 1.32. The number of ether oxygens (including phenoxy) is 1. The summed E-state index contributed by atoms with van der Waals surface area (Å²) in [6.45, 7) is 6.49. The molecule has 0 bridgehead atoms. The van der Waals surface area contributed by atoms with E-state index in [1.165, 1.54) is 18.2 Å². The van der Waals surface area contributed by atoms with Crippen LogP contribution in [0.1, 0.15) is 64.4 Å². The lowest BCUT2D eigenvalue weighted by Gasteiger charge is -2.16. The number of methoxy groups -OCH3 is 1. The predicted molar refractivity (Wildman–Crippen MR) is 148 cm³/mol. The number of carbonyl (C=O) groups excluding carboxylic acids is 2. The van der Waals surface area contributed by atoms with E-state index in [0.29, 0.717) is 11.5 Å². The van der Waals surface area contributed by atoms with Crippen LogP contribution in [0.25, 0.3) is 11.1 Å². The molecule has 39 heavy (non-hydrogen) atoms. The van der Waals surface area contributed by atoms with E-state index in [1.807, 2.05) is 26.0 Å². The standard InChI is InChI=1S/C32H36F3NO3/c1-21(5-7-24-9-11-27(12-10-24)31(38)36-18-17-29(37)39-4)6-8-25-19-22(2)30(23(3)20-25)26-13-15-28(16-14-26)32(33,34)35/h9-16,19-21H,5-8,17-18H2,1-4H3,(H,36,38). The normalized spacial score (nSPS) is 12.2. The molecular formula is C32H36F3NO3. The van der Waals surface area contributed by atoms with Crippen molar-refractivity contribution in [2.75, 3.05) is 13.7 Å². The number of halogens is 3. The third kappa shape index (κ3) is 8.70. The largest absolute Gasteiger partial charge is 0.469 e. The number of alkyl halides is 3. The molecule has 3 aromatic carbocycles. The highest BCUT2D eigenvalue weighted by Gasteiger charge is 2.30. The number of nitrogens with one attached hydrogen (secondary N) is 1. The Hall–Kier alpha value is -3.61. The Morgan fingerprint density at radius 3 is 1.97 bits per heavy atom. The van der Waals surface area contributed by atoms with Gasteiger partial charge in [0, 0.05) is 12.1 Å². The number of aryl methyl sites for hydroxylation is 4. The summed E-state index contributed by atoms with van der Waals surface area (Å²) in [5.41, 5.74) is 6.22. The van der Waals surface area contributed by atoms with Crippen LogP contribution >= 0.6 is 0 Å². The van der Waals surface area contributed by atoms with Crippen molar-refractivity contribution in [3.8, 4) is 11.1 Å². The van der Waals surface area contributed by atoms with Gasteiger partial charge in [0.25, 0.3) is 5.91 Å². The van der Waals surface area contributed by atoms with Crippen LogP contribution in [-0.2, 0) is 28.5 Å². The van der Waals surface area contributed by atoms with Crippen molar-refractivity contribution in [2.45, 2.75) is 59.1 Å². The van der Waals surface area contributed by atoms with Gasteiger partial charge < -0.3 is 10.1 Å².